The van der Waals surface area contributed by atoms with Gasteiger partial charge in [0.25, 0.3) is 0 Å². The first kappa shape index (κ1) is 16.1. The highest BCUT2D eigenvalue weighted by atomic mass is 16.3. The van der Waals surface area contributed by atoms with Crippen molar-refractivity contribution in [3.8, 4) is 0 Å². The molecule has 0 aromatic heterocycles. The van der Waals surface area contributed by atoms with Crippen LogP contribution in [0.3, 0.4) is 0 Å². The van der Waals surface area contributed by atoms with Crippen LogP contribution in [0, 0.1) is 17.3 Å². The van der Waals surface area contributed by atoms with E-state index in [-0.39, 0.29) is 5.41 Å². The lowest BCUT2D eigenvalue weighted by atomic mass is 9.53. The minimum Gasteiger partial charge on any atom is -0.390 e. The predicted molar refractivity (Wildman–Crippen MR) is 93.0 cm³/mol. The summed E-state index contributed by atoms with van der Waals surface area (Å²) in [7, 11) is 0. The van der Waals surface area contributed by atoms with E-state index in [2.05, 4.69) is 38.1 Å². The standard InChI is InChI=1S/C19H26O.C2H6/c1-18-11-9-15-14-6-4-3-5-13(14)7-8-16(15)17(18)10-12-19(18,2)20;1-2/h3-6,15-17,20H,7-12H2,1-2H3;1-2H3/t15?,16?,17?,18?,19-;/m0./s1. The molecule has 0 saturated heterocycles. The van der Waals surface area contributed by atoms with Gasteiger partial charge in [-0.15, -0.1) is 0 Å². The largest absolute Gasteiger partial charge is 0.390 e. The summed E-state index contributed by atoms with van der Waals surface area (Å²) in [5, 5.41) is 10.8. The van der Waals surface area contributed by atoms with Gasteiger partial charge in [0.15, 0.2) is 0 Å². The average molecular weight is 300 g/mol. The highest BCUT2D eigenvalue weighted by Crippen LogP contribution is 2.64. The fraction of sp³-hybridized carbons (Fsp3) is 0.714. The molecule has 1 aromatic rings. The molecule has 22 heavy (non-hydrogen) atoms. The van der Waals surface area contributed by atoms with Crippen LogP contribution in [0.1, 0.15) is 76.8 Å². The smallest absolute Gasteiger partial charge is 0.0675 e. The molecule has 1 aromatic carbocycles. The quantitative estimate of drug-likeness (QED) is 0.687. The van der Waals surface area contributed by atoms with Crippen molar-refractivity contribution in [1.82, 2.24) is 0 Å². The third-order valence-corrected chi connectivity index (χ3v) is 7.20. The number of fused-ring (bicyclic) bond motifs is 5. The summed E-state index contributed by atoms with van der Waals surface area (Å²) in [6.07, 6.45) is 7.26. The van der Waals surface area contributed by atoms with Crippen molar-refractivity contribution in [2.24, 2.45) is 17.3 Å². The van der Waals surface area contributed by atoms with E-state index in [0.717, 1.165) is 24.2 Å². The van der Waals surface area contributed by atoms with Gasteiger partial charge in [-0.25, -0.2) is 0 Å². The second-order valence-electron chi connectivity index (χ2n) is 7.88. The Morgan fingerprint density at radius 3 is 2.50 bits per heavy atom. The zero-order chi connectivity index (χ0) is 16.0. The molecule has 1 heteroatoms. The first-order valence-corrected chi connectivity index (χ1v) is 9.33. The van der Waals surface area contributed by atoms with Crippen LogP contribution in [-0.2, 0) is 6.42 Å². The van der Waals surface area contributed by atoms with Crippen LogP contribution >= 0.6 is 0 Å². The molecule has 4 unspecified atom stereocenters. The summed E-state index contributed by atoms with van der Waals surface area (Å²) in [6, 6.07) is 9.08. The molecule has 5 atom stereocenters. The fourth-order valence-corrected chi connectivity index (χ4v) is 5.77. The Labute approximate surface area is 136 Å². The van der Waals surface area contributed by atoms with E-state index in [4.69, 9.17) is 0 Å². The summed E-state index contributed by atoms with van der Waals surface area (Å²) < 4.78 is 0. The summed E-state index contributed by atoms with van der Waals surface area (Å²) in [5.74, 6) is 2.29. The van der Waals surface area contributed by atoms with Gasteiger partial charge >= 0.3 is 0 Å². The Hall–Kier alpha value is -0.820. The number of hydrogen-bond donors (Lipinski definition) is 1. The molecule has 0 radical (unpaired) electrons. The SMILES string of the molecule is CC.CC12CCC3c4ccccc4CCC3C1CC[C@]2(C)O. The molecule has 0 amide bonds. The van der Waals surface area contributed by atoms with Crippen LogP contribution in [0.5, 0.6) is 0 Å². The third kappa shape index (κ3) is 2.16. The second-order valence-corrected chi connectivity index (χ2v) is 7.88. The fourth-order valence-electron chi connectivity index (χ4n) is 5.77. The maximum atomic E-state index is 10.8. The Morgan fingerprint density at radius 2 is 1.73 bits per heavy atom. The zero-order valence-electron chi connectivity index (χ0n) is 14.7. The van der Waals surface area contributed by atoms with Gasteiger partial charge in [0, 0.05) is 0 Å². The summed E-state index contributed by atoms with van der Waals surface area (Å²) >= 11 is 0. The predicted octanol–water partition coefficient (Wildman–Crippen LogP) is 5.32. The number of aliphatic hydroxyl groups is 1. The summed E-state index contributed by atoms with van der Waals surface area (Å²) in [4.78, 5) is 0. The highest BCUT2D eigenvalue weighted by molar-refractivity contribution is 5.35. The van der Waals surface area contributed by atoms with Gasteiger partial charge in [-0.2, -0.15) is 0 Å². The van der Waals surface area contributed by atoms with Crippen LogP contribution in [0.2, 0.25) is 0 Å². The molecule has 1 nitrogen and oxygen atoms in total. The van der Waals surface area contributed by atoms with E-state index >= 15 is 0 Å². The lowest BCUT2D eigenvalue weighted by Crippen LogP contribution is -2.49. The van der Waals surface area contributed by atoms with Crippen LogP contribution in [-0.4, -0.2) is 10.7 Å². The van der Waals surface area contributed by atoms with Crippen LogP contribution in [0.15, 0.2) is 24.3 Å². The van der Waals surface area contributed by atoms with E-state index in [0.29, 0.717) is 0 Å². The molecule has 1 N–H and O–H groups in total. The molecule has 0 spiro atoms. The Bertz CT molecular complexity index is 532. The first-order chi connectivity index (χ1) is 10.5. The summed E-state index contributed by atoms with van der Waals surface area (Å²) in [5.41, 5.74) is 2.92. The molecule has 122 valence electrons. The van der Waals surface area contributed by atoms with Gasteiger partial charge in [0.1, 0.15) is 0 Å². The van der Waals surface area contributed by atoms with Crippen molar-refractivity contribution in [3.05, 3.63) is 35.4 Å². The van der Waals surface area contributed by atoms with Crippen molar-refractivity contribution >= 4 is 0 Å². The number of aryl methyl sites for hydroxylation is 1. The third-order valence-electron chi connectivity index (χ3n) is 7.20. The number of benzene rings is 1. The van der Waals surface area contributed by atoms with Gasteiger partial charge in [-0.05, 0) is 79.7 Å². The normalized spacial score (nSPS) is 42.5. The molecule has 2 fully saturated rings. The molecule has 4 rings (SSSR count). The molecule has 0 bridgehead atoms. The number of rotatable bonds is 0. The lowest BCUT2D eigenvalue weighted by Gasteiger charge is -2.52. The van der Waals surface area contributed by atoms with Gasteiger partial charge in [0.05, 0.1) is 5.60 Å². The van der Waals surface area contributed by atoms with Crippen LogP contribution in [0.25, 0.3) is 0 Å². The van der Waals surface area contributed by atoms with E-state index in [9.17, 15) is 5.11 Å². The minimum atomic E-state index is -0.445. The van der Waals surface area contributed by atoms with Crippen LogP contribution < -0.4 is 0 Å². The van der Waals surface area contributed by atoms with Crippen molar-refractivity contribution in [3.63, 3.8) is 0 Å². The molecule has 2 saturated carbocycles. The summed E-state index contributed by atoms with van der Waals surface area (Å²) in [6.45, 7) is 8.45. The highest BCUT2D eigenvalue weighted by Gasteiger charge is 2.59. The van der Waals surface area contributed by atoms with Crippen molar-refractivity contribution < 1.29 is 5.11 Å². The second kappa shape index (κ2) is 5.67. The Balaban J connectivity index is 0.000000693. The van der Waals surface area contributed by atoms with Crippen LogP contribution in [0.4, 0.5) is 0 Å². The average Bonchev–Trinajstić information content (AvgIpc) is 2.79. The van der Waals surface area contributed by atoms with E-state index in [1.165, 1.54) is 32.1 Å². The monoisotopic (exact) mass is 300 g/mol. The van der Waals surface area contributed by atoms with Gasteiger partial charge in [0.2, 0.25) is 0 Å². The van der Waals surface area contributed by atoms with Crippen molar-refractivity contribution in [2.75, 3.05) is 0 Å². The van der Waals surface area contributed by atoms with E-state index in [1.807, 2.05) is 13.8 Å². The van der Waals surface area contributed by atoms with Crippen molar-refractivity contribution in [1.29, 1.82) is 0 Å². The van der Waals surface area contributed by atoms with Gasteiger partial charge in [-0.3, -0.25) is 0 Å². The van der Waals surface area contributed by atoms with Gasteiger partial charge in [-0.1, -0.05) is 45.0 Å². The maximum absolute atomic E-state index is 10.8. The first-order valence-electron chi connectivity index (χ1n) is 9.33. The Morgan fingerprint density at radius 1 is 1.00 bits per heavy atom. The molecule has 3 aliphatic carbocycles. The lowest BCUT2D eigenvalue weighted by molar-refractivity contribution is -0.0901. The topological polar surface area (TPSA) is 20.2 Å². The minimum absolute atomic E-state index is 0.153. The molecular formula is C21H32O. The molecule has 0 heterocycles. The maximum Gasteiger partial charge on any atom is 0.0675 e. The molecule has 3 aliphatic rings. The van der Waals surface area contributed by atoms with E-state index < -0.39 is 5.60 Å². The van der Waals surface area contributed by atoms with Crippen molar-refractivity contribution in [2.45, 2.75) is 77.7 Å². The number of hydrogen-bond acceptors (Lipinski definition) is 1. The Kier molecular flexibility index (Phi) is 4.14. The van der Waals surface area contributed by atoms with Gasteiger partial charge < -0.3 is 5.11 Å². The molecular weight excluding hydrogens is 268 g/mol. The molecule has 0 aliphatic heterocycles. The van der Waals surface area contributed by atoms with E-state index in [1.54, 1.807) is 11.1 Å². The zero-order valence-corrected chi connectivity index (χ0v) is 14.7.